The van der Waals surface area contributed by atoms with Crippen LogP contribution in [0.5, 0.6) is 0 Å². The molecule has 0 radical (unpaired) electrons. The van der Waals surface area contributed by atoms with Crippen LogP contribution < -0.4 is 5.56 Å². The summed E-state index contributed by atoms with van der Waals surface area (Å²) in [5.74, 6) is 0. The highest BCUT2D eigenvalue weighted by molar-refractivity contribution is 5.56. The summed E-state index contributed by atoms with van der Waals surface area (Å²) in [4.78, 5) is 18.8. The molecule has 1 aliphatic heterocycles. The molecular formula is C18H21N7O. The third-order valence-corrected chi connectivity index (χ3v) is 4.88. The van der Waals surface area contributed by atoms with Gasteiger partial charge in [0.15, 0.2) is 0 Å². The van der Waals surface area contributed by atoms with Crippen molar-refractivity contribution in [2.45, 2.75) is 32.0 Å². The fourth-order valence-corrected chi connectivity index (χ4v) is 3.42. The zero-order valence-corrected chi connectivity index (χ0v) is 14.7. The fourth-order valence-electron chi connectivity index (χ4n) is 3.42. The number of likely N-dealkylation sites (tertiary alicyclic amines) is 1. The molecule has 26 heavy (non-hydrogen) atoms. The minimum Gasteiger partial charge on any atom is -0.293 e. The average molecular weight is 351 g/mol. The zero-order valence-electron chi connectivity index (χ0n) is 14.7. The van der Waals surface area contributed by atoms with E-state index in [0.29, 0.717) is 6.54 Å². The first-order valence-corrected chi connectivity index (χ1v) is 8.77. The molecule has 8 heteroatoms. The molecule has 0 aromatic carbocycles. The van der Waals surface area contributed by atoms with E-state index in [1.165, 1.54) is 0 Å². The van der Waals surface area contributed by atoms with Crippen LogP contribution in [0.2, 0.25) is 0 Å². The maximum Gasteiger partial charge on any atom is 0.266 e. The van der Waals surface area contributed by atoms with Crippen LogP contribution in [0.25, 0.3) is 11.3 Å². The summed E-state index contributed by atoms with van der Waals surface area (Å²) < 4.78 is 3.37. The van der Waals surface area contributed by atoms with Crippen molar-refractivity contribution >= 4 is 0 Å². The lowest BCUT2D eigenvalue weighted by Gasteiger charge is -2.24. The number of pyridine rings is 1. The summed E-state index contributed by atoms with van der Waals surface area (Å²) in [5, 5.41) is 12.5. The lowest BCUT2D eigenvalue weighted by atomic mass is 10.2. The van der Waals surface area contributed by atoms with Gasteiger partial charge in [-0.2, -0.15) is 5.10 Å². The van der Waals surface area contributed by atoms with Gasteiger partial charge >= 0.3 is 0 Å². The standard InChI is InChI=1S/C18H21N7O/c1-23-16(11-20-22-23)12-24-9-3-5-15(24)13-25-18(26)7-6-17(21-25)14-4-2-8-19-10-14/h2,4,6-8,10-11,15H,3,5,9,12-13H2,1H3. The van der Waals surface area contributed by atoms with Crippen LogP contribution in [0, 0.1) is 0 Å². The molecule has 1 atom stereocenters. The highest BCUT2D eigenvalue weighted by Crippen LogP contribution is 2.21. The van der Waals surface area contributed by atoms with Crippen molar-refractivity contribution in [2.24, 2.45) is 7.05 Å². The lowest BCUT2D eigenvalue weighted by molar-refractivity contribution is 0.212. The van der Waals surface area contributed by atoms with Crippen LogP contribution in [0.15, 0.2) is 47.7 Å². The first-order chi connectivity index (χ1) is 12.7. The molecule has 4 rings (SSSR count). The van der Waals surface area contributed by atoms with E-state index < -0.39 is 0 Å². The maximum atomic E-state index is 12.3. The topological polar surface area (TPSA) is 81.7 Å². The van der Waals surface area contributed by atoms with Crippen molar-refractivity contribution in [1.82, 2.24) is 34.7 Å². The summed E-state index contributed by atoms with van der Waals surface area (Å²) in [6.07, 6.45) is 7.45. The third-order valence-electron chi connectivity index (χ3n) is 4.88. The third kappa shape index (κ3) is 3.41. The summed E-state index contributed by atoms with van der Waals surface area (Å²) in [7, 11) is 1.90. The largest absolute Gasteiger partial charge is 0.293 e. The van der Waals surface area contributed by atoms with Crippen molar-refractivity contribution in [2.75, 3.05) is 6.54 Å². The second-order valence-electron chi connectivity index (χ2n) is 6.60. The smallest absolute Gasteiger partial charge is 0.266 e. The first-order valence-electron chi connectivity index (χ1n) is 8.77. The molecule has 0 bridgehead atoms. The molecule has 8 nitrogen and oxygen atoms in total. The molecule has 4 heterocycles. The molecule has 0 spiro atoms. The van der Waals surface area contributed by atoms with Crippen LogP contribution in [0.4, 0.5) is 0 Å². The Labute approximate surface area is 151 Å². The van der Waals surface area contributed by atoms with E-state index in [1.54, 1.807) is 40.1 Å². The van der Waals surface area contributed by atoms with E-state index in [2.05, 4.69) is 25.3 Å². The van der Waals surface area contributed by atoms with Gasteiger partial charge in [-0.3, -0.25) is 19.4 Å². The number of rotatable bonds is 5. The van der Waals surface area contributed by atoms with Gasteiger partial charge in [-0.1, -0.05) is 5.21 Å². The number of aryl methyl sites for hydroxylation is 1. The predicted molar refractivity (Wildman–Crippen MR) is 96.2 cm³/mol. The monoisotopic (exact) mass is 351 g/mol. The van der Waals surface area contributed by atoms with Crippen molar-refractivity contribution < 1.29 is 0 Å². The quantitative estimate of drug-likeness (QED) is 0.685. The number of hydrogen-bond acceptors (Lipinski definition) is 6. The van der Waals surface area contributed by atoms with Crippen molar-refractivity contribution in [3.63, 3.8) is 0 Å². The van der Waals surface area contributed by atoms with E-state index >= 15 is 0 Å². The van der Waals surface area contributed by atoms with Gasteiger partial charge in [0.05, 0.1) is 24.1 Å². The van der Waals surface area contributed by atoms with E-state index in [-0.39, 0.29) is 11.6 Å². The number of aromatic nitrogens is 6. The van der Waals surface area contributed by atoms with Crippen LogP contribution in [-0.2, 0) is 20.1 Å². The van der Waals surface area contributed by atoms with E-state index in [4.69, 9.17) is 0 Å². The van der Waals surface area contributed by atoms with Crippen LogP contribution in [0.3, 0.4) is 0 Å². The summed E-state index contributed by atoms with van der Waals surface area (Å²) >= 11 is 0. The Hall–Kier alpha value is -2.87. The normalized spacial score (nSPS) is 17.7. The Kier molecular flexibility index (Phi) is 4.57. The zero-order chi connectivity index (χ0) is 17.9. The van der Waals surface area contributed by atoms with Gasteiger partial charge in [-0.25, -0.2) is 4.68 Å². The molecule has 1 unspecified atom stereocenters. The lowest BCUT2D eigenvalue weighted by Crippen LogP contribution is -2.37. The van der Waals surface area contributed by atoms with E-state index in [9.17, 15) is 4.79 Å². The van der Waals surface area contributed by atoms with Crippen LogP contribution >= 0.6 is 0 Å². The Morgan fingerprint density at radius 2 is 2.15 bits per heavy atom. The summed E-state index contributed by atoms with van der Waals surface area (Å²) in [6, 6.07) is 7.43. The molecule has 0 saturated carbocycles. The van der Waals surface area contributed by atoms with Gasteiger partial charge in [-0.15, -0.1) is 5.10 Å². The second kappa shape index (κ2) is 7.17. The van der Waals surface area contributed by atoms with Crippen LogP contribution in [0.1, 0.15) is 18.5 Å². The van der Waals surface area contributed by atoms with Crippen molar-refractivity contribution in [1.29, 1.82) is 0 Å². The number of nitrogens with zero attached hydrogens (tertiary/aromatic N) is 7. The minimum absolute atomic E-state index is 0.0771. The van der Waals surface area contributed by atoms with Gasteiger partial charge in [-0.05, 0) is 37.6 Å². The number of hydrogen-bond donors (Lipinski definition) is 0. The first kappa shape index (κ1) is 16.6. The molecule has 0 N–H and O–H groups in total. The molecule has 3 aromatic heterocycles. The molecule has 0 aliphatic carbocycles. The van der Waals surface area contributed by atoms with Gasteiger partial charge in [0.25, 0.3) is 5.56 Å². The summed E-state index contributed by atoms with van der Waals surface area (Å²) in [6.45, 7) is 2.37. The molecule has 0 amide bonds. The van der Waals surface area contributed by atoms with E-state index in [1.807, 2.05) is 19.2 Å². The van der Waals surface area contributed by atoms with Gasteiger partial charge in [0, 0.05) is 43.7 Å². The average Bonchev–Trinajstić information content (AvgIpc) is 3.27. The Morgan fingerprint density at radius 3 is 2.92 bits per heavy atom. The second-order valence-corrected chi connectivity index (χ2v) is 6.60. The minimum atomic E-state index is -0.0771. The van der Waals surface area contributed by atoms with Crippen LogP contribution in [-0.4, -0.2) is 47.2 Å². The molecule has 134 valence electrons. The van der Waals surface area contributed by atoms with Gasteiger partial charge in [0.2, 0.25) is 0 Å². The summed E-state index contributed by atoms with van der Waals surface area (Å²) in [5.41, 5.74) is 2.66. The highest BCUT2D eigenvalue weighted by Gasteiger charge is 2.26. The Morgan fingerprint density at radius 1 is 1.23 bits per heavy atom. The highest BCUT2D eigenvalue weighted by atomic mass is 16.1. The Bertz CT molecular complexity index is 934. The molecular weight excluding hydrogens is 330 g/mol. The van der Waals surface area contributed by atoms with Gasteiger partial charge in [0.1, 0.15) is 0 Å². The van der Waals surface area contributed by atoms with Crippen molar-refractivity contribution in [3.05, 3.63) is 58.9 Å². The van der Waals surface area contributed by atoms with Crippen molar-refractivity contribution in [3.8, 4) is 11.3 Å². The Balaban J connectivity index is 1.54. The van der Waals surface area contributed by atoms with Gasteiger partial charge < -0.3 is 0 Å². The maximum absolute atomic E-state index is 12.3. The molecule has 3 aromatic rings. The molecule has 1 aliphatic rings. The molecule has 1 fully saturated rings. The predicted octanol–water partition coefficient (Wildman–Crippen LogP) is 1.10. The fraction of sp³-hybridized carbons (Fsp3) is 0.389. The molecule has 1 saturated heterocycles. The SMILES string of the molecule is Cn1nncc1CN1CCCC1Cn1nc(-c2cccnc2)ccc1=O. The van der Waals surface area contributed by atoms with E-state index in [0.717, 1.165) is 42.9 Å².